The Morgan fingerprint density at radius 1 is 1.08 bits per heavy atom. The van der Waals surface area contributed by atoms with Gasteiger partial charge in [0.25, 0.3) is 0 Å². The molecule has 1 atom stereocenters. The highest BCUT2D eigenvalue weighted by atomic mass is 16.5. The highest BCUT2D eigenvalue weighted by Gasteiger charge is 2.15. The molecule has 2 aromatic rings. The average molecular weight is 356 g/mol. The minimum atomic E-state index is -0.402. The molecule has 138 valence electrons. The molecule has 0 radical (unpaired) electrons. The van der Waals surface area contributed by atoms with Gasteiger partial charge in [0.2, 0.25) is 5.91 Å². The molecule has 2 rings (SSSR count). The standard InChI is InChI=1S/C20H24N2O4/c1-13-15(20(24)26-4)9-7-10-17(13)21-12-19(23)22-14(2)16-8-5-6-11-18(16)25-3/h5-11,14,21H,12H2,1-4H3,(H,22,23). The second-order valence-electron chi connectivity index (χ2n) is 5.85. The van der Waals surface area contributed by atoms with E-state index in [0.717, 1.165) is 16.9 Å². The Morgan fingerprint density at radius 3 is 2.50 bits per heavy atom. The van der Waals surface area contributed by atoms with Crippen LogP contribution >= 0.6 is 0 Å². The first-order valence-corrected chi connectivity index (χ1v) is 8.32. The first-order valence-electron chi connectivity index (χ1n) is 8.32. The molecule has 26 heavy (non-hydrogen) atoms. The van der Waals surface area contributed by atoms with Crippen molar-refractivity contribution in [3.63, 3.8) is 0 Å². The number of ether oxygens (including phenoxy) is 2. The van der Waals surface area contributed by atoms with Crippen molar-refractivity contribution in [2.45, 2.75) is 19.9 Å². The van der Waals surface area contributed by atoms with Gasteiger partial charge in [0.05, 0.1) is 32.4 Å². The topological polar surface area (TPSA) is 76.7 Å². The fourth-order valence-corrected chi connectivity index (χ4v) is 2.73. The second kappa shape index (κ2) is 8.89. The zero-order chi connectivity index (χ0) is 19.1. The summed E-state index contributed by atoms with van der Waals surface area (Å²) in [6.07, 6.45) is 0. The number of carbonyl (C=O) groups is 2. The lowest BCUT2D eigenvalue weighted by atomic mass is 10.1. The van der Waals surface area contributed by atoms with E-state index in [2.05, 4.69) is 10.6 Å². The monoisotopic (exact) mass is 356 g/mol. The van der Waals surface area contributed by atoms with E-state index in [-0.39, 0.29) is 18.5 Å². The van der Waals surface area contributed by atoms with Gasteiger partial charge in [-0.3, -0.25) is 4.79 Å². The van der Waals surface area contributed by atoms with Crippen LogP contribution in [-0.2, 0) is 9.53 Å². The molecule has 0 aromatic heterocycles. The van der Waals surface area contributed by atoms with Crippen molar-refractivity contribution in [2.24, 2.45) is 0 Å². The SMILES string of the molecule is COC(=O)c1cccc(NCC(=O)NC(C)c2ccccc2OC)c1C. The maximum absolute atomic E-state index is 12.3. The smallest absolute Gasteiger partial charge is 0.338 e. The predicted molar refractivity (Wildman–Crippen MR) is 101 cm³/mol. The minimum absolute atomic E-state index is 0.0882. The first-order chi connectivity index (χ1) is 12.5. The highest BCUT2D eigenvalue weighted by Crippen LogP contribution is 2.24. The fourth-order valence-electron chi connectivity index (χ4n) is 2.73. The first kappa shape index (κ1) is 19.3. The van der Waals surface area contributed by atoms with Gasteiger partial charge in [0, 0.05) is 11.3 Å². The second-order valence-corrected chi connectivity index (χ2v) is 5.85. The Labute approximate surface area is 153 Å². The fraction of sp³-hybridized carbons (Fsp3) is 0.300. The number of hydrogen-bond acceptors (Lipinski definition) is 5. The van der Waals surface area contributed by atoms with E-state index < -0.39 is 5.97 Å². The maximum Gasteiger partial charge on any atom is 0.338 e. The van der Waals surface area contributed by atoms with Crippen LogP contribution in [0.1, 0.15) is 34.5 Å². The number of rotatable bonds is 7. The molecule has 6 nitrogen and oxygen atoms in total. The highest BCUT2D eigenvalue weighted by molar-refractivity contribution is 5.93. The Kier molecular flexibility index (Phi) is 6.60. The summed E-state index contributed by atoms with van der Waals surface area (Å²) in [6.45, 7) is 3.80. The zero-order valence-electron chi connectivity index (χ0n) is 15.5. The van der Waals surface area contributed by atoms with Gasteiger partial charge < -0.3 is 20.1 Å². The number of carbonyl (C=O) groups excluding carboxylic acids is 2. The van der Waals surface area contributed by atoms with Gasteiger partial charge >= 0.3 is 5.97 Å². The molecule has 2 N–H and O–H groups in total. The van der Waals surface area contributed by atoms with Crippen molar-refractivity contribution in [1.82, 2.24) is 5.32 Å². The van der Waals surface area contributed by atoms with Gasteiger partial charge in [0.15, 0.2) is 0 Å². The number of hydrogen-bond donors (Lipinski definition) is 2. The van der Waals surface area contributed by atoms with Crippen LogP contribution in [0, 0.1) is 6.92 Å². The van der Waals surface area contributed by atoms with E-state index in [1.54, 1.807) is 19.2 Å². The van der Waals surface area contributed by atoms with E-state index in [9.17, 15) is 9.59 Å². The van der Waals surface area contributed by atoms with E-state index in [0.29, 0.717) is 11.3 Å². The van der Waals surface area contributed by atoms with Crippen molar-refractivity contribution >= 4 is 17.6 Å². The van der Waals surface area contributed by atoms with Gasteiger partial charge in [-0.05, 0) is 37.6 Å². The van der Waals surface area contributed by atoms with E-state index in [1.165, 1.54) is 7.11 Å². The molecule has 0 aliphatic rings. The molecule has 0 aliphatic carbocycles. The number of benzene rings is 2. The lowest BCUT2D eigenvalue weighted by Gasteiger charge is -2.18. The van der Waals surface area contributed by atoms with Crippen LogP contribution in [0.5, 0.6) is 5.75 Å². The summed E-state index contributed by atoms with van der Waals surface area (Å²) in [6, 6.07) is 12.6. The summed E-state index contributed by atoms with van der Waals surface area (Å²) in [7, 11) is 2.95. The van der Waals surface area contributed by atoms with Crippen LogP contribution < -0.4 is 15.4 Å². The van der Waals surface area contributed by atoms with Gasteiger partial charge in [-0.2, -0.15) is 0 Å². The Bertz CT molecular complexity index is 789. The molecule has 0 spiro atoms. The molecular weight excluding hydrogens is 332 g/mol. The number of amides is 1. The molecule has 1 amide bonds. The van der Waals surface area contributed by atoms with Crippen molar-refractivity contribution < 1.29 is 19.1 Å². The maximum atomic E-state index is 12.3. The van der Waals surface area contributed by atoms with Gasteiger partial charge in [-0.15, -0.1) is 0 Å². The van der Waals surface area contributed by atoms with Crippen molar-refractivity contribution in [3.05, 3.63) is 59.2 Å². The number of methoxy groups -OCH3 is 2. The van der Waals surface area contributed by atoms with Gasteiger partial charge in [-0.25, -0.2) is 4.79 Å². The molecule has 0 fully saturated rings. The Morgan fingerprint density at radius 2 is 1.81 bits per heavy atom. The van der Waals surface area contributed by atoms with Crippen LogP contribution in [0.15, 0.2) is 42.5 Å². The van der Waals surface area contributed by atoms with E-state index in [1.807, 2.05) is 44.2 Å². The van der Waals surface area contributed by atoms with Gasteiger partial charge in [0.1, 0.15) is 5.75 Å². The largest absolute Gasteiger partial charge is 0.496 e. The number of esters is 1. The molecule has 1 unspecified atom stereocenters. The molecule has 2 aromatic carbocycles. The van der Waals surface area contributed by atoms with Crippen molar-refractivity contribution in [1.29, 1.82) is 0 Å². The number of nitrogens with one attached hydrogen (secondary N) is 2. The molecule has 6 heteroatoms. The lowest BCUT2D eigenvalue weighted by molar-refractivity contribution is -0.120. The summed E-state index contributed by atoms with van der Waals surface area (Å²) in [4.78, 5) is 24.0. The van der Waals surface area contributed by atoms with Crippen molar-refractivity contribution in [2.75, 3.05) is 26.1 Å². The quantitative estimate of drug-likeness (QED) is 0.746. The third-order valence-electron chi connectivity index (χ3n) is 4.16. The van der Waals surface area contributed by atoms with Crippen molar-refractivity contribution in [3.8, 4) is 5.75 Å². The molecule has 0 bridgehead atoms. The third-order valence-corrected chi connectivity index (χ3v) is 4.16. The summed E-state index contributed by atoms with van der Waals surface area (Å²) >= 11 is 0. The normalized spacial score (nSPS) is 11.4. The predicted octanol–water partition coefficient (Wildman–Crippen LogP) is 3.08. The average Bonchev–Trinajstić information content (AvgIpc) is 2.66. The van der Waals surface area contributed by atoms with E-state index in [4.69, 9.17) is 9.47 Å². The molecular formula is C20H24N2O4. The summed E-state index contributed by atoms with van der Waals surface area (Å²) in [5.74, 6) is 0.168. The van der Waals surface area contributed by atoms with Crippen LogP contribution in [0.3, 0.4) is 0 Å². The van der Waals surface area contributed by atoms with Crippen LogP contribution in [0.25, 0.3) is 0 Å². The van der Waals surface area contributed by atoms with Crippen LogP contribution in [-0.4, -0.2) is 32.6 Å². The molecule has 0 saturated carbocycles. The van der Waals surface area contributed by atoms with Gasteiger partial charge in [-0.1, -0.05) is 24.3 Å². The number of para-hydroxylation sites is 1. The summed E-state index contributed by atoms with van der Waals surface area (Å²) < 4.78 is 10.1. The molecule has 0 aliphatic heterocycles. The van der Waals surface area contributed by atoms with E-state index >= 15 is 0 Å². The molecule has 0 heterocycles. The Balaban J connectivity index is 2.00. The number of anilines is 1. The molecule has 0 saturated heterocycles. The third kappa shape index (κ3) is 4.53. The van der Waals surface area contributed by atoms with Crippen LogP contribution in [0.2, 0.25) is 0 Å². The summed E-state index contributed by atoms with van der Waals surface area (Å²) in [5.41, 5.74) is 2.84. The lowest BCUT2D eigenvalue weighted by Crippen LogP contribution is -2.32. The Hall–Kier alpha value is -3.02. The zero-order valence-corrected chi connectivity index (χ0v) is 15.5. The minimum Gasteiger partial charge on any atom is -0.496 e. The van der Waals surface area contributed by atoms with Crippen LogP contribution in [0.4, 0.5) is 5.69 Å². The summed E-state index contributed by atoms with van der Waals surface area (Å²) in [5, 5.41) is 6.00.